The number of benzene rings is 1. The van der Waals surface area contributed by atoms with Crippen LogP contribution in [0.4, 0.5) is 0 Å². The lowest BCUT2D eigenvalue weighted by molar-refractivity contribution is 0.0532. The first-order valence-corrected chi connectivity index (χ1v) is 6.41. The third kappa shape index (κ3) is 3.17. The standard InChI is InChI=1S/C14H14O2S/c1-2-16-14(15)13-9-8-12(17-13)10-11-6-4-3-5-7-11/h3-9H,2,10H2,1H3. The summed E-state index contributed by atoms with van der Waals surface area (Å²) in [5, 5.41) is 0. The first-order chi connectivity index (χ1) is 8.29. The normalized spacial score (nSPS) is 10.2. The number of thiophene rings is 1. The average molecular weight is 246 g/mol. The number of esters is 1. The zero-order valence-electron chi connectivity index (χ0n) is 9.68. The second-order valence-corrected chi connectivity index (χ2v) is 4.82. The minimum Gasteiger partial charge on any atom is -0.462 e. The van der Waals surface area contributed by atoms with E-state index in [1.165, 1.54) is 21.8 Å². The number of carbonyl (C=O) groups is 1. The third-order valence-electron chi connectivity index (χ3n) is 2.36. The van der Waals surface area contributed by atoms with E-state index >= 15 is 0 Å². The zero-order valence-corrected chi connectivity index (χ0v) is 10.5. The Bertz CT molecular complexity index is 488. The fraction of sp³-hybridized carbons (Fsp3) is 0.214. The van der Waals surface area contributed by atoms with E-state index in [1.54, 1.807) is 0 Å². The molecule has 0 saturated carbocycles. The summed E-state index contributed by atoms with van der Waals surface area (Å²) in [5.74, 6) is -0.225. The SMILES string of the molecule is CCOC(=O)c1ccc(Cc2ccccc2)s1. The highest BCUT2D eigenvalue weighted by Crippen LogP contribution is 2.20. The predicted octanol–water partition coefficient (Wildman–Crippen LogP) is 3.52. The van der Waals surface area contributed by atoms with Gasteiger partial charge in [0.25, 0.3) is 0 Å². The smallest absolute Gasteiger partial charge is 0.348 e. The van der Waals surface area contributed by atoms with E-state index in [0.717, 1.165) is 6.42 Å². The van der Waals surface area contributed by atoms with Crippen LogP contribution in [0.15, 0.2) is 42.5 Å². The number of carbonyl (C=O) groups excluding carboxylic acids is 1. The van der Waals surface area contributed by atoms with Crippen molar-refractivity contribution in [3.63, 3.8) is 0 Å². The lowest BCUT2D eigenvalue weighted by atomic mass is 10.1. The highest BCUT2D eigenvalue weighted by Gasteiger charge is 2.09. The van der Waals surface area contributed by atoms with Gasteiger partial charge < -0.3 is 4.74 Å². The van der Waals surface area contributed by atoms with Gasteiger partial charge in [-0.15, -0.1) is 11.3 Å². The Hall–Kier alpha value is -1.61. The molecular formula is C14H14O2S. The molecule has 88 valence electrons. The summed E-state index contributed by atoms with van der Waals surface area (Å²) in [6, 6.07) is 14.0. The van der Waals surface area contributed by atoms with Crippen molar-refractivity contribution in [3.05, 3.63) is 57.8 Å². The Balaban J connectivity index is 2.06. The van der Waals surface area contributed by atoms with Gasteiger partial charge in [-0.25, -0.2) is 4.79 Å². The fourth-order valence-electron chi connectivity index (χ4n) is 1.58. The van der Waals surface area contributed by atoms with E-state index in [9.17, 15) is 4.79 Å². The van der Waals surface area contributed by atoms with Gasteiger partial charge in [0, 0.05) is 11.3 Å². The van der Waals surface area contributed by atoms with Gasteiger partial charge >= 0.3 is 5.97 Å². The number of hydrogen-bond acceptors (Lipinski definition) is 3. The quantitative estimate of drug-likeness (QED) is 0.772. The molecule has 0 N–H and O–H groups in total. The molecule has 0 radical (unpaired) electrons. The van der Waals surface area contributed by atoms with Crippen LogP contribution in [0.25, 0.3) is 0 Å². The number of rotatable bonds is 4. The molecule has 0 bridgehead atoms. The number of ether oxygens (including phenoxy) is 1. The summed E-state index contributed by atoms with van der Waals surface area (Å²) in [4.78, 5) is 13.4. The molecular weight excluding hydrogens is 232 g/mol. The van der Waals surface area contributed by atoms with Crippen LogP contribution in [0.1, 0.15) is 27.0 Å². The van der Waals surface area contributed by atoms with Gasteiger partial charge in [-0.2, -0.15) is 0 Å². The highest BCUT2D eigenvalue weighted by atomic mass is 32.1. The minimum atomic E-state index is -0.225. The van der Waals surface area contributed by atoms with E-state index in [0.29, 0.717) is 11.5 Å². The van der Waals surface area contributed by atoms with Crippen molar-refractivity contribution in [3.8, 4) is 0 Å². The van der Waals surface area contributed by atoms with Crippen LogP contribution in [-0.4, -0.2) is 12.6 Å². The van der Waals surface area contributed by atoms with Crippen molar-refractivity contribution in [1.82, 2.24) is 0 Å². The number of hydrogen-bond donors (Lipinski definition) is 0. The fourth-order valence-corrected chi connectivity index (χ4v) is 2.52. The topological polar surface area (TPSA) is 26.3 Å². The second-order valence-electron chi connectivity index (χ2n) is 3.65. The molecule has 0 aliphatic heterocycles. The molecule has 0 unspecified atom stereocenters. The van der Waals surface area contributed by atoms with Gasteiger partial charge in [-0.05, 0) is 24.6 Å². The maximum atomic E-state index is 11.5. The van der Waals surface area contributed by atoms with Crippen LogP contribution in [0.3, 0.4) is 0 Å². The lowest BCUT2D eigenvalue weighted by Gasteiger charge is -1.98. The van der Waals surface area contributed by atoms with Gasteiger partial charge in [0.05, 0.1) is 6.61 Å². The summed E-state index contributed by atoms with van der Waals surface area (Å²) in [5.41, 5.74) is 1.25. The molecule has 0 atom stereocenters. The molecule has 1 aromatic carbocycles. The molecule has 0 amide bonds. The summed E-state index contributed by atoms with van der Waals surface area (Å²) in [6.45, 7) is 2.24. The van der Waals surface area contributed by atoms with Crippen LogP contribution in [0.5, 0.6) is 0 Å². The monoisotopic (exact) mass is 246 g/mol. The first kappa shape index (κ1) is 11.9. The van der Waals surface area contributed by atoms with E-state index in [2.05, 4.69) is 12.1 Å². The Labute approximate surface area is 105 Å². The highest BCUT2D eigenvalue weighted by molar-refractivity contribution is 7.13. The summed E-state index contributed by atoms with van der Waals surface area (Å²) < 4.78 is 4.96. The molecule has 0 saturated heterocycles. The Morgan fingerprint density at radius 1 is 1.18 bits per heavy atom. The molecule has 2 rings (SSSR count). The van der Waals surface area contributed by atoms with Crippen molar-refractivity contribution in [2.45, 2.75) is 13.3 Å². The van der Waals surface area contributed by atoms with Crippen LogP contribution >= 0.6 is 11.3 Å². The van der Waals surface area contributed by atoms with Crippen molar-refractivity contribution in [1.29, 1.82) is 0 Å². The maximum Gasteiger partial charge on any atom is 0.348 e. The minimum absolute atomic E-state index is 0.225. The van der Waals surface area contributed by atoms with E-state index in [-0.39, 0.29) is 5.97 Å². The van der Waals surface area contributed by atoms with Gasteiger partial charge in [0.2, 0.25) is 0 Å². The molecule has 1 aromatic heterocycles. The van der Waals surface area contributed by atoms with E-state index in [1.807, 2.05) is 37.3 Å². The molecule has 17 heavy (non-hydrogen) atoms. The summed E-state index contributed by atoms with van der Waals surface area (Å²) in [6.07, 6.45) is 0.866. The van der Waals surface area contributed by atoms with Crippen LogP contribution in [-0.2, 0) is 11.2 Å². The average Bonchev–Trinajstić information content (AvgIpc) is 2.79. The van der Waals surface area contributed by atoms with Gasteiger partial charge in [0.1, 0.15) is 4.88 Å². The molecule has 0 aliphatic rings. The van der Waals surface area contributed by atoms with Crippen LogP contribution < -0.4 is 0 Å². The molecule has 0 fully saturated rings. The molecule has 2 aromatic rings. The van der Waals surface area contributed by atoms with Crippen molar-refractivity contribution >= 4 is 17.3 Å². The van der Waals surface area contributed by atoms with Gasteiger partial charge in [0.15, 0.2) is 0 Å². The van der Waals surface area contributed by atoms with Gasteiger partial charge in [-0.1, -0.05) is 30.3 Å². The third-order valence-corrected chi connectivity index (χ3v) is 3.42. The molecule has 2 nitrogen and oxygen atoms in total. The molecule has 0 aliphatic carbocycles. The molecule has 3 heteroatoms. The van der Waals surface area contributed by atoms with Gasteiger partial charge in [-0.3, -0.25) is 0 Å². The largest absolute Gasteiger partial charge is 0.462 e. The molecule has 1 heterocycles. The van der Waals surface area contributed by atoms with Crippen molar-refractivity contribution < 1.29 is 9.53 Å². The molecule has 0 spiro atoms. The Kier molecular flexibility index (Phi) is 3.94. The first-order valence-electron chi connectivity index (χ1n) is 5.59. The summed E-state index contributed by atoms with van der Waals surface area (Å²) in [7, 11) is 0. The van der Waals surface area contributed by atoms with Crippen LogP contribution in [0.2, 0.25) is 0 Å². The van der Waals surface area contributed by atoms with Crippen molar-refractivity contribution in [2.75, 3.05) is 6.61 Å². The Morgan fingerprint density at radius 2 is 1.94 bits per heavy atom. The van der Waals surface area contributed by atoms with E-state index < -0.39 is 0 Å². The van der Waals surface area contributed by atoms with Crippen molar-refractivity contribution in [2.24, 2.45) is 0 Å². The van der Waals surface area contributed by atoms with E-state index in [4.69, 9.17) is 4.74 Å². The predicted molar refractivity (Wildman–Crippen MR) is 69.5 cm³/mol. The van der Waals surface area contributed by atoms with Crippen LogP contribution in [0, 0.1) is 0 Å². The Morgan fingerprint density at radius 3 is 2.65 bits per heavy atom. The maximum absolute atomic E-state index is 11.5. The second kappa shape index (κ2) is 5.64. The summed E-state index contributed by atoms with van der Waals surface area (Å²) >= 11 is 1.50. The lowest BCUT2D eigenvalue weighted by Crippen LogP contribution is -2.01. The zero-order chi connectivity index (χ0) is 12.1.